The summed E-state index contributed by atoms with van der Waals surface area (Å²) in [5, 5.41) is 14.8. The van der Waals surface area contributed by atoms with Crippen LogP contribution in [0.25, 0.3) is 0 Å². The first-order valence-electron chi connectivity index (χ1n) is 6.26. The molecule has 0 saturated carbocycles. The molecule has 0 atom stereocenters. The van der Waals surface area contributed by atoms with Crippen LogP contribution in [-0.2, 0) is 0 Å². The van der Waals surface area contributed by atoms with Crippen molar-refractivity contribution >= 4 is 17.7 Å². The number of nitrogens with zero attached hydrogens (tertiary/aromatic N) is 3. The lowest BCUT2D eigenvalue weighted by molar-refractivity contribution is -0.384. The van der Waals surface area contributed by atoms with Crippen molar-refractivity contribution in [1.82, 2.24) is 4.98 Å². The SMILES string of the molecule is COc1ccc(/C=N\Nc2ncccc2[N+](=O)[O-])c(OC)c1. The number of hydrogen-bond donors (Lipinski definition) is 1. The van der Waals surface area contributed by atoms with Crippen LogP contribution in [0.2, 0.25) is 0 Å². The van der Waals surface area contributed by atoms with Crippen LogP contribution in [0, 0.1) is 10.1 Å². The normalized spacial score (nSPS) is 10.5. The van der Waals surface area contributed by atoms with Gasteiger partial charge in [0.2, 0.25) is 5.82 Å². The Hall–Kier alpha value is -3.16. The van der Waals surface area contributed by atoms with E-state index in [9.17, 15) is 10.1 Å². The van der Waals surface area contributed by atoms with Crippen molar-refractivity contribution < 1.29 is 14.4 Å². The molecule has 0 radical (unpaired) electrons. The summed E-state index contributed by atoms with van der Waals surface area (Å²) in [5.41, 5.74) is 3.09. The largest absolute Gasteiger partial charge is 0.497 e. The van der Waals surface area contributed by atoms with Crippen molar-refractivity contribution in [2.45, 2.75) is 0 Å². The summed E-state index contributed by atoms with van der Waals surface area (Å²) >= 11 is 0. The summed E-state index contributed by atoms with van der Waals surface area (Å²) in [4.78, 5) is 14.2. The van der Waals surface area contributed by atoms with Crippen molar-refractivity contribution in [3.05, 3.63) is 52.2 Å². The van der Waals surface area contributed by atoms with Gasteiger partial charge >= 0.3 is 5.69 Å². The molecule has 1 heterocycles. The number of pyridine rings is 1. The van der Waals surface area contributed by atoms with Gasteiger partial charge in [-0.2, -0.15) is 5.10 Å². The average molecular weight is 302 g/mol. The Morgan fingerprint density at radius 2 is 2.14 bits per heavy atom. The maximum absolute atomic E-state index is 10.9. The summed E-state index contributed by atoms with van der Waals surface area (Å²) in [6, 6.07) is 8.06. The van der Waals surface area contributed by atoms with Crippen LogP contribution >= 0.6 is 0 Å². The average Bonchev–Trinajstić information content (AvgIpc) is 2.55. The van der Waals surface area contributed by atoms with Gasteiger partial charge in [-0.15, -0.1) is 0 Å². The number of methoxy groups -OCH3 is 2. The molecular weight excluding hydrogens is 288 g/mol. The molecular formula is C14H14N4O4. The van der Waals surface area contributed by atoms with E-state index in [2.05, 4.69) is 15.5 Å². The maximum atomic E-state index is 10.9. The Morgan fingerprint density at radius 3 is 2.82 bits per heavy atom. The van der Waals surface area contributed by atoms with Crippen LogP contribution in [0.3, 0.4) is 0 Å². The molecule has 1 N–H and O–H groups in total. The van der Waals surface area contributed by atoms with Gasteiger partial charge < -0.3 is 9.47 Å². The molecule has 0 aliphatic carbocycles. The van der Waals surface area contributed by atoms with Gasteiger partial charge in [-0.1, -0.05) is 0 Å². The van der Waals surface area contributed by atoms with E-state index in [1.54, 1.807) is 25.3 Å². The monoisotopic (exact) mass is 302 g/mol. The van der Waals surface area contributed by atoms with Gasteiger partial charge in [0.25, 0.3) is 0 Å². The zero-order chi connectivity index (χ0) is 15.9. The minimum Gasteiger partial charge on any atom is -0.497 e. The lowest BCUT2D eigenvalue weighted by Crippen LogP contribution is -1.99. The highest BCUT2D eigenvalue weighted by Gasteiger charge is 2.13. The minimum absolute atomic E-state index is 0.0660. The van der Waals surface area contributed by atoms with E-state index in [4.69, 9.17) is 9.47 Å². The first kappa shape index (κ1) is 15.2. The van der Waals surface area contributed by atoms with Gasteiger partial charge in [0.15, 0.2) is 0 Å². The molecule has 2 aromatic rings. The number of rotatable bonds is 6. The summed E-state index contributed by atoms with van der Waals surface area (Å²) in [7, 11) is 3.09. The maximum Gasteiger partial charge on any atom is 0.313 e. The molecule has 0 bridgehead atoms. The number of ether oxygens (including phenoxy) is 2. The van der Waals surface area contributed by atoms with Gasteiger partial charge in [-0.05, 0) is 18.2 Å². The van der Waals surface area contributed by atoms with Crippen LogP contribution in [0.15, 0.2) is 41.6 Å². The highest BCUT2D eigenvalue weighted by atomic mass is 16.6. The second-order valence-electron chi connectivity index (χ2n) is 4.11. The van der Waals surface area contributed by atoms with E-state index < -0.39 is 4.92 Å². The Kier molecular flexibility index (Phi) is 4.86. The third-order valence-electron chi connectivity index (χ3n) is 2.80. The predicted octanol–water partition coefficient (Wildman–Crippen LogP) is 2.45. The van der Waals surface area contributed by atoms with E-state index in [1.807, 2.05) is 0 Å². The predicted molar refractivity (Wildman–Crippen MR) is 81.7 cm³/mol. The second-order valence-corrected chi connectivity index (χ2v) is 4.11. The van der Waals surface area contributed by atoms with Crippen LogP contribution in [0.4, 0.5) is 11.5 Å². The van der Waals surface area contributed by atoms with Gasteiger partial charge in [0.05, 0.1) is 25.4 Å². The lowest BCUT2D eigenvalue weighted by Gasteiger charge is -2.07. The molecule has 114 valence electrons. The zero-order valence-corrected chi connectivity index (χ0v) is 12.0. The standard InChI is InChI=1S/C14H14N4O4/c1-21-11-6-5-10(13(8-11)22-2)9-16-17-14-12(18(19)20)4-3-7-15-14/h3-9H,1-2H3,(H,15,17)/b16-9-. The van der Waals surface area contributed by atoms with Crippen molar-refractivity contribution in [2.75, 3.05) is 19.6 Å². The van der Waals surface area contributed by atoms with Crippen LogP contribution in [0.5, 0.6) is 11.5 Å². The number of benzene rings is 1. The fourth-order valence-corrected chi connectivity index (χ4v) is 1.72. The van der Waals surface area contributed by atoms with Crippen LogP contribution in [0.1, 0.15) is 5.56 Å². The smallest absolute Gasteiger partial charge is 0.313 e. The van der Waals surface area contributed by atoms with Gasteiger partial charge in [0, 0.05) is 23.9 Å². The summed E-state index contributed by atoms with van der Waals surface area (Å²) in [6.45, 7) is 0. The quantitative estimate of drug-likeness (QED) is 0.500. The Bertz CT molecular complexity index is 703. The van der Waals surface area contributed by atoms with Gasteiger partial charge in [0.1, 0.15) is 11.5 Å². The summed E-state index contributed by atoms with van der Waals surface area (Å²) in [5.74, 6) is 1.29. The molecule has 0 spiro atoms. The summed E-state index contributed by atoms with van der Waals surface area (Å²) < 4.78 is 10.3. The molecule has 0 unspecified atom stereocenters. The van der Waals surface area contributed by atoms with E-state index in [0.717, 1.165) is 0 Å². The second kappa shape index (κ2) is 7.02. The van der Waals surface area contributed by atoms with Crippen molar-refractivity contribution in [3.8, 4) is 11.5 Å². The van der Waals surface area contributed by atoms with Crippen molar-refractivity contribution in [3.63, 3.8) is 0 Å². The Balaban J connectivity index is 2.18. The number of hydrogen-bond acceptors (Lipinski definition) is 7. The van der Waals surface area contributed by atoms with Crippen LogP contribution < -0.4 is 14.9 Å². The number of aromatic nitrogens is 1. The molecule has 22 heavy (non-hydrogen) atoms. The number of nitro groups is 1. The molecule has 8 heteroatoms. The molecule has 8 nitrogen and oxygen atoms in total. The lowest BCUT2D eigenvalue weighted by atomic mass is 10.2. The molecule has 2 rings (SSSR count). The molecule has 0 fully saturated rings. The molecule has 0 aliphatic rings. The molecule has 1 aromatic carbocycles. The molecule has 0 saturated heterocycles. The highest BCUT2D eigenvalue weighted by Crippen LogP contribution is 2.23. The summed E-state index contributed by atoms with van der Waals surface area (Å²) in [6.07, 6.45) is 2.93. The fraction of sp³-hybridized carbons (Fsp3) is 0.143. The molecule has 0 aliphatic heterocycles. The number of nitrogens with one attached hydrogen (secondary N) is 1. The highest BCUT2D eigenvalue weighted by molar-refractivity contribution is 5.84. The fourth-order valence-electron chi connectivity index (χ4n) is 1.72. The Labute approximate surface area is 126 Å². The molecule has 0 amide bonds. The van der Waals surface area contributed by atoms with Crippen molar-refractivity contribution in [1.29, 1.82) is 0 Å². The topological polar surface area (TPSA) is 98.9 Å². The van der Waals surface area contributed by atoms with Gasteiger partial charge in [-0.3, -0.25) is 15.5 Å². The first-order chi connectivity index (χ1) is 10.7. The Morgan fingerprint density at radius 1 is 1.32 bits per heavy atom. The minimum atomic E-state index is -0.529. The van der Waals surface area contributed by atoms with E-state index in [1.165, 1.54) is 31.7 Å². The number of anilines is 1. The third kappa shape index (κ3) is 3.48. The molecule has 1 aromatic heterocycles. The first-order valence-corrected chi connectivity index (χ1v) is 6.26. The third-order valence-corrected chi connectivity index (χ3v) is 2.80. The van der Waals surface area contributed by atoms with E-state index >= 15 is 0 Å². The number of hydrazone groups is 1. The zero-order valence-electron chi connectivity index (χ0n) is 12.0. The van der Waals surface area contributed by atoms with Crippen molar-refractivity contribution in [2.24, 2.45) is 5.10 Å². The van der Waals surface area contributed by atoms with Crippen LogP contribution in [-0.4, -0.2) is 30.3 Å². The van der Waals surface area contributed by atoms with E-state index in [0.29, 0.717) is 17.1 Å². The van der Waals surface area contributed by atoms with E-state index in [-0.39, 0.29) is 11.5 Å². The van der Waals surface area contributed by atoms with Gasteiger partial charge in [-0.25, -0.2) is 4.98 Å².